The van der Waals surface area contributed by atoms with E-state index < -0.39 is 17.8 Å². The van der Waals surface area contributed by atoms with Gasteiger partial charge in [-0.15, -0.1) is 0 Å². The maximum Gasteiger partial charge on any atom is 0.105 e. The number of aromatic nitrogens is 1. The largest absolute Gasteiger partial charge is 0.388 e. The Labute approximate surface area is 190 Å². The second-order valence-electron chi connectivity index (χ2n) is 11.1. The van der Waals surface area contributed by atoms with Gasteiger partial charge in [-0.25, -0.2) is 0 Å². The molecule has 2 aliphatic heterocycles. The standard InChI is InChI=1S/C27H34N2O3/c1-16-13-18-14-20-23(30)24(31)21(29(3)4)15-26(20)9-10-27(18,32-26)22-6-5-19(25(16,22)2)17-7-11-28-12-8-17/h5,7-8,11-14,16,21-24,30-31H,6,9-10,15H2,1-4H3/t16?,21-,22?,23+,24+,25+,26+,27+/m0/s1. The quantitative estimate of drug-likeness (QED) is 0.747. The number of ether oxygens (including phenoxy) is 1. The summed E-state index contributed by atoms with van der Waals surface area (Å²) in [6.07, 6.45) is 12.7. The third kappa shape index (κ3) is 2.40. The van der Waals surface area contributed by atoms with Crippen molar-refractivity contribution in [3.63, 3.8) is 0 Å². The molecule has 2 unspecified atom stereocenters. The van der Waals surface area contributed by atoms with Gasteiger partial charge in [-0.1, -0.05) is 32.1 Å². The molecule has 0 aromatic carbocycles. The molecule has 2 bridgehead atoms. The number of nitrogens with zero attached hydrogens (tertiary/aromatic N) is 2. The molecule has 2 spiro atoms. The molecule has 2 fully saturated rings. The molecule has 3 heterocycles. The average molecular weight is 435 g/mol. The highest BCUT2D eigenvalue weighted by Crippen LogP contribution is 2.68. The number of aliphatic hydroxyl groups is 2. The van der Waals surface area contributed by atoms with Gasteiger partial charge < -0.3 is 19.8 Å². The highest BCUT2D eigenvalue weighted by atomic mass is 16.5. The lowest BCUT2D eigenvalue weighted by Crippen LogP contribution is -2.62. The van der Waals surface area contributed by atoms with Gasteiger partial charge in [-0.3, -0.25) is 4.98 Å². The Hall–Kier alpha value is -1.79. The Morgan fingerprint density at radius 1 is 1.16 bits per heavy atom. The Bertz CT molecular complexity index is 1050. The van der Waals surface area contributed by atoms with E-state index in [0.29, 0.717) is 11.8 Å². The molecular weight excluding hydrogens is 400 g/mol. The molecule has 1 saturated carbocycles. The van der Waals surface area contributed by atoms with Gasteiger partial charge in [0, 0.05) is 29.8 Å². The topological polar surface area (TPSA) is 65.8 Å². The highest BCUT2D eigenvalue weighted by molar-refractivity contribution is 5.74. The van der Waals surface area contributed by atoms with E-state index in [1.54, 1.807) is 0 Å². The summed E-state index contributed by atoms with van der Waals surface area (Å²) in [5, 5.41) is 22.0. The Kier molecular flexibility index (Phi) is 4.31. The van der Waals surface area contributed by atoms with Crippen LogP contribution in [0.15, 0.2) is 53.9 Å². The molecule has 0 amide bonds. The minimum absolute atomic E-state index is 0.0184. The minimum Gasteiger partial charge on any atom is -0.388 e. The maximum absolute atomic E-state index is 11.1. The summed E-state index contributed by atoms with van der Waals surface area (Å²) in [5.74, 6) is 0.691. The molecule has 8 atom stereocenters. The lowest BCUT2D eigenvalue weighted by Gasteiger charge is -2.57. The summed E-state index contributed by atoms with van der Waals surface area (Å²) in [6.45, 7) is 4.73. The van der Waals surface area contributed by atoms with Crippen molar-refractivity contribution in [2.45, 2.75) is 69.0 Å². The van der Waals surface area contributed by atoms with Crippen LogP contribution >= 0.6 is 0 Å². The summed E-state index contributed by atoms with van der Waals surface area (Å²) in [4.78, 5) is 6.26. The predicted molar refractivity (Wildman–Crippen MR) is 124 cm³/mol. The lowest BCUT2D eigenvalue weighted by molar-refractivity contribution is -0.165. The van der Waals surface area contributed by atoms with E-state index in [1.165, 1.54) is 16.7 Å². The van der Waals surface area contributed by atoms with Gasteiger partial charge in [-0.05, 0) is 80.1 Å². The summed E-state index contributed by atoms with van der Waals surface area (Å²) >= 11 is 0. The molecule has 0 radical (unpaired) electrons. The van der Waals surface area contributed by atoms with Crippen molar-refractivity contribution >= 4 is 5.57 Å². The van der Waals surface area contributed by atoms with Crippen molar-refractivity contribution in [2.24, 2.45) is 17.3 Å². The van der Waals surface area contributed by atoms with Crippen molar-refractivity contribution in [2.75, 3.05) is 14.1 Å². The minimum atomic E-state index is -0.883. The van der Waals surface area contributed by atoms with Crippen molar-refractivity contribution < 1.29 is 14.9 Å². The third-order valence-electron chi connectivity index (χ3n) is 9.63. The van der Waals surface area contributed by atoms with Gasteiger partial charge in [0.2, 0.25) is 0 Å². The third-order valence-corrected chi connectivity index (χ3v) is 9.63. The summed E-state index contributed by atoms with van der Waals surface area (Å²) < 4.78 is 7.21. The maximum atomic E-state index is 11.1. The van der Waals surface area contributed by atoms with Gasteiger partial charge in [0.1, 0.15) is 6.10 Å². The average Bonchev–Trinajstić information content (AvgIpc) is 3.30. The number of allylic oxidation sites excluding steroid dienone is 3. The van der Waals surface area contributed by atoms with Gasteiger partial charge in [0.05, 0.1) is 17.3 Å². The van der Waals surface area contributed by atoms with Crippen LogP contribution in [0.25, 0.3) is 5.57 Å². The van der Waals surface area contributed by atoms with Crippen molar-refractivity contribution in [3.05, 3.63) is 59.5 Å². The fourth-order valence-electron chi connectivity index (χ4n) is 7.79. The van der Waals surface area contributed by atoms with Crippen molar-refractivity contribution in [1.82, 2.24) is 9.88 Å². The van der Waals surface area contributed by atoms with Crippen LogP contribution in [0.3, 0.4) is 0 Å². The predicted octanol–water partition coefficient (Wildman–Crippen LogP) is 3.35. The van der Waals surface area contributed by atoms with Crippen LogP contribution in [0.5, 0.6) is 0 Å². The normalized spacial score (nSPS) is 46.7. The first-order valence-electron chi connectivity index (χ1n) is 12.0. The van der Waals surface area contributed by atoms with E-state index in [9.17, 15) is 10.2 Å². The van der Waals surface area contributed by atoms with Gasteiger partial charge in [0.25, 0.3) is 0 Å². The summed E-state index contributed by atoms with van der Waals surface area (Å²) in [5.41, 5.74) is 3.95. The first-order chi connectivity index (χ1) is 15.2. The zero-order chi connectivity index (χ0) is 22.5. The molecule has 170 valence electrons. The zero-order valence-corrected chi connectivity index (χ0v) is 19.5. The molecule has 1 aromatic rings. The van der Waals surface area contributed by atoms with Crippen molar-refractivity contribution in [3.8, 4) is 0 Å². The number of pyridine rings is 1. The first kappa shape index (κ1) is 20.8. The molecule has 32 heavy (non-hydrogen) atoms. The zero-order valence-electron chi connectivity index (χ0n) is 19.5. The van der Waals surface area contributed by atoms with Crippen LogP contribution in [0.4, 0.5) is 0 Å². The molecule has 6 rings (SSSR count). The number of likely N-dealkylation sites (N-methyl/N-ethyl adjacent to an activating group) is 1. The molecule has 1 saturated heterocycles. The van der Waals surface area contributed by atoms with E-state index in [-0.39, 0.29) is 17.1 Å². The van der Waals surface area contributed by atoms with Crippen LogP contribution in [0.2, 0.25) is 0 Å². The lowest BCUT2D eigenvalue weighted by atomic mass is 9.54. The molecule has 5 heteroatoms. The van der Waals surface area contributed by atoms with Crippen LogP contribution < -0.4 is 0 Å². The first-order valence-corrected chi connectivity index (χ1v) is 12.0. The van der Waals surface area contributed by atoms with E-state index in [0.717, 1.165) is 31.3 Å². The SMILES string of the molecule is CC1C=C2C=C3[C@@H](O)[C@H](O)[C@@H](N(C)C)C[C@]34CC[C@]2(O4)C2CC=C(c3ccncc3)[C@@]12C. The second-order valence-corrected chi connectivity index (χ2v) is 11.1. The Balaban J connectivity index is 1.47. The highest BCUT2D eigenvalue weighted by Gasteiger charge is 2.68. The number of aliphatic hydroxyl groups excluding tert-OH is 2. The van der Waals surface area contributed by atoms with E-state index >= 15 is 0 Å². The smallest absolute Gasteiger partial charge is 0.105 e. The number of rotatable bonds is 2. The summed E-state index contributed by atoms with van der Waals surface area (Å²) in [6, 6.07) is 4.13. The Morgan fingerprint density at radius 3 is 2.62 bits per heavy atom. The molecule has 5 aliphatic rings. The molecule has 3 aliphatic carbocycles. The molecule has 5 nitrogen and oxygen atoms in total. The van der Waals surface area contributed by atoms with Crippen LogP contribution in [-0.4, -0.2) is 63.6 Å². The number of fused-ring (bicyclic) bond motifs is 1. The fraction of sp³-hybridized carbons (Fsp3) is 0.593. The molecular formula is C27H34N2O3. The van der Waals surface area contributed by atoms with E-state index in [2.05, 4.69) is 49.2 Å². The molecule has 1 aromatic heterocycles. The monoisotopic (exact) mass is 434 g/mol. The number of hydrogen-bond acceptors (Lipinski definition) is 5. The van der Waals surface area contributed by atoms with Gasteiger partial charge >= 0.3 is 0 Å². The van der Waals surface area contributed by atoms with Gasteiger partial charge in [0.15, 0.2) is 0 Å². The Morgan fingerprint density at radius 2 is 1.91 bits per heavy atom. The second kappa shape index (κ2) is 6.63. The van der Waals surface area contributed by atoms with Crippen LogP contribution in [-0.2, 0) is 4.74 Å². The van der Waals surface area contributed by atoms with Crippen LogP contribution in [0.1, 0.15) is 45.1 Å². The van der Waals surface area contributed by atoms with Crippen molar-refractivity contribution in [1.29, 1.82) is 0 Å². The van der Waals surface area contributed by atoms with Crippen LogP contribution in [0, 0.1) is 17.3 Å². The summed E-state index contributed by atoms with van der Waals surface area (Å²) in [7, 11) is 3.96. The number of hydrogen-bond donors (Lipinski definition) is 2. The van der Waals surface area contributed by atoms with E-state index in [1.807, 2.05) is 31.4 Å². The molecule has 2 N–H and O–H groups in total. The fourth-order valence-corrected chi connectivity index (χ4v) is 7.79. The van der Waals surface area contributed by atoms with Gasteiger partial charge in [-0.2, -0.15) is 0 Å². The van der Waals surface area contributed by atoms with E-state index in [4.69, 9.17) is 4.74 Å².